The third kappa shape index (κ3) is 5.35. The van der Waals surface area contributed by atoms with Crippen LogP contribution in [0.5, 0.6) is 0 Å². The number of hydrogen-bond donors (Lipinski definition) is 3. The summed E-state index contributed by atoms with van der Waals surface area (Å²) in [5, 5.41) is 14.2. The van der Waals surface area contributed by atoms with Gasteiger partial charge < -0.3 is 20.5 Å². The molecule has 6 heteroatoms. The van der Waals surface area contributed by atoms with Crippen LogP contribution in [0.3, 0.4) is 0 Å². The van der Waals surface area contributed by atoms with E-state index in [-0.39, 0.29) is 30.5 Å². The van der Waals surface area contributed by atoms with Gasteiger partial charge in [-0.25, -0.2) is 4.79 Å². The standard InChI is InChI=1S/C12H22N2O4/c1-8(5-11(15)16)7-13-12(17)14-9-3-4-10(6-9)18-2/h8-10H,3-7H2,1-2H3,(H,15,16)(H2,13,14,17). The highest BCUT2D eigenvalue weighted by molar-refractivity contribution is 5.74. The Morgan fingerprint density at radius 1 is 1.44 bits per heavy atom. The molecule has 1 fully saturated rings. The van der Waals surface area contributed by atoms with Crippen LogP contribution in [0.25, 0.3) is 0 Å². The van der Waals surface area contributed by atoms with Gasteiger partial charge in [0.25, 0.3) is 0 Å². The van der Waals surface area contributed by atoms with E-state index in [2.05, 4.69) is 10.6 Å². The van der Waals surface area contributed by atoms with Crippen LogP contribution in [0.4, 0.5) is 4.79 Å². The van der Waals surface area contributed by atoms with Crippen LogP contribution in [-0.4, -0.2) is 42.9 Å². The highest BCUT2D eigenvalue weighted by Gasteiger charge is 2.25. The number of ether oxygens (including phenoxy) is 1. The number of aliphatic carboxylic acids is 1. The van der Waals surface area contributed by atoms with Crippen LogP contribution in [0, 0.1) is 5.92 Å². The first-order valence-corrected chi connectivity index (χ1v) is 6.30. The van der Waals surface area contributed by atoms with Gasteiger partial charge in [0, 0.05) is 26.1 Å². The first-order chi connectivity index (χ1) is 8.51. The molecule has 18 heavy (non-hydrogen) atoms. The molecule has 1 aliphatic rings. The zero-order valence-corrected chi connectivity index (χ0v) is 10.9. The second-order valence-corrected chi connectivity index (χ2v) is 4.93. The van der Waals surface area contributed by atoms with Gasteiger partial charge in [0.2, 0.25) is 0 Å². The first-order valence-electron chi connectivity index (χ1n) is 6.30. The van der Waals surface area contributed by atoms with Crippen LogP contribution in [-0.2, 0) is 9.53 Å². The Kier molecular flexibility index (Phi) is 5.91. The smallest absolute Gasteiger partial charge is 0.315 e. The zero-order chi connectivity index (χ0) is 13.5. The summed E-state index contributed by atoms with van der Waals surface area (Å²) in [5.41, 5.74) is 0. The summed E-state index contributed by atoms with van der Waals surface area (Å²) >= 11 is 0. The Bertz CT molecular complexity index is 296. The van der Waals surface area contributed by atoms with Gasteiger partial charge in [0.1, 0.15) is 0 Å². The number of methoxy groups -OCH3 is 1. The third-order valence-electron chi connectivity index (χ3n) is 3.19. The van der Waals surface area contributed by atoms with Crippen LogP contribution in [0.1, 0.15) is 32.6 Å². The predicted octanol–water partition coefficient (Wildman–Crippen LogP) is 0.964. The van der Waals surface area contributed by atoms with E-state index in [0.29, 0.717) is 6.54 Å². The molecule has 0 bridgehead atoms. The van der Waals surface area contributed by atoms with Gasteiger partial charge in [-0.3, -0.25) is 4.79 Å². The molecule has 1 saturated carbocycles. The van der Waals surface area contributed by atoms with Crippen molar-refractivity contribution in [3.8, 4) is 0 Å². The fourth-order valence-corrected chi connectivity index (χ4v) is 2.16. The molecule has 1 aliphatic carbocycles. The lowest BCUT2D eigenvalue weighted by molar-refractivity contribution is -0.137. The van der Waals surface area contributed by atoms with Crippen molar-refractivity contribution in [3.05, 3.63) is 0 Å². The van der Waals surface area contributed by atoms with Gasteiger partial charge in [0.05, 0.1) is 6.10 Å². The minimum absolute atomic E-state index is 0.0649. The molecule has 0 spiro atoms. The zero-order valence-electron chi connectivity index (χ0n) is 10.9. The van der Waals surface area contributed by atoms with Crippen molar-refractivity contribution in [2.24, 2.45) is 5.92 Å². The highest BCUT2D eigenvalue weighted by atomic mass is 16.5. The molecule has 0 radical (unpaired) electrons. The average Bonchev–Trinajstić information content (AvgIpc) is 2.73. The van der Waals surface area contributed by atoms with Crippen LogP contribution in [0.2, 0.25) is 0 Å². The van der Waals surface area contributed by atoms with E-state index in [4.69, 9.17) is 9.84 Å². The molecule has 0 saturated heterocycles. The number of carboxylic acid groups (broad SMARTS) is 1. The van der Waals surface area contributed by atoms with E-state index in [9.17, 15) is 9.59 Å². The molecular weight excluding hydrogens is 236 g/mol. The Morgan fingerprint density at radius 3 is 2.72 bits per heavy atom. The van der Waals surface area contributed by atoms with E-state index in [0.717, 1.165) is 19.3 Å². The first kappa shape index (κ1) is 14.8. The van der Waals surface area contributed by atoms with Crippen LogP contribution >= 0.6 is 0 Å². The minimum Gasteiger partial charge on any atom is -0.481 e. The van der Waals surface area contributed by atoms with Crippen LogP contribution < -0.4 is 10.6 Å². The van der Waals surface area contributed by atoms with E-state index in [1.54, 1.807) is 14.0 Å². The molecule has 2 amide bonds. The van der Waals surface area contributed by atoms with Crippen molar-refractivity contribution in [3.63, 3.8) is 0 Å². The summed E-state index contributed by atoms with van der Waals surface area (Å²) in [6.45, 7) is 2.17. The summed E-state index contributed by atoms with van der Waals surface area (Å²) in [7, 11) is 1.68. The quantitative estimate of drug-likeness (QED) is 0.662. The molecule has 3 N–H and O–H groups in total. The molecule has 0 aromatic rings. The number of rotatable bonds is 6. The Labute approximate surface area is 107 Å². The molecule has 0 heterocycles. The topological polar surface area (TPSA) is 87.7 Å². The molecule has 6 nitrogen and oxygen atoms in total. The van der Waals surface area contributed by atoms with Crippen molar-refractivity contribution in [2.45, 2.75) is 44.8 Å². The van der Waals surface area contributed by atoms with E-state index in [1.165, 1.54) is 0 Å². The molecule has 0 aromatic heterocycles. The van der Waals surface area contributed by atoms with Gasteiger partial charge in [-0.2, -0.15) is 0 Å². The number of urea groups is 1. The number of carbonyl (C=O) groups excluding carboxylic acids is 1. The van der Waals surface area contributed by atoms with Gasteiger partial charge in [-0.1, -0.05) is 6.92 Å². The lowest BCUT2D eigenvalue weighted by atomic mass is 10.1. The molecule has 0 aromatic carbocycles. The summed E-state index contributed by atoms with van der Waals surface area (Å²) in [4.78, 5) is 22.0. The second kappa shape index (κ2) is 7.20. The van der Waals surface area contributed by atoms with E-state index in [1.807, 2.05) is 0 Å². The summed E-state index contributed by atoms with van der Waals surface area (Å²) in [6, 6.07) is -0.0706. The lowest BCUT2D eigenvalue weighted by Crippen LogP contribution is -2.42. The Balaban J connectivity index is 2.16. The van der Waals surface area contributed by atoms with Crippen molar-refractivity contribution in [1.82, 2.24) is 10.6 Å². The summed E-state index contributed by atoms with van der Waals surface area (Å²) in [5.74, 6) is -0.910. The summed E-state index contributed by atoms with van der Waals surface area (Å²) < 4.78 is 5.23. The Hall–Kier alpha value is -1.30. The van der Waals surface area contributed by atoms with Gasteiger partial charge in [-0.15, -0.1) is 0 Å². The van der Waals surface area contributed by atoms with Crippen molar-refractivity contribution >= 4 is 12.0 Å². The van der Waals surface area contributed by atoms with Gasteiger partial charge in [-0.05, 0) is 25.2 Å². The molecule has 1 rings (SSSR count). The highest BCUT2D eigenvalue weighted by Crippen LogP contribution is 2.21. The number of carboxylic acids is 1. The SMILES string of the molecule is COC1CCC(NC(=O)NCC(C)CC(=O)O)C1. The fourth-order valence-electron chi connectivity index (χ4n) is 2.16. The lowest BCUT2D eigenvalue weighted by Gasteiger charge is -2.15. The van der Waals surface area contributed by atoms with Crippen LogP contribution in [0.15, 0.2) is 0 Å². The molecule has 3 unspecified atom stereocenters. The van der Waals surface area contributed by atoms with E-state index < -0.39 is 5.97 Å². The second-order valence-electron chi connectivity index (χ2n) is 4.93. The molecule has 104 valence electrons. The maximum atomic E-state index is 11.6. The van der Waals surface area contributed by atoms with Gasteiger partial charge in [0.15, 0.2) is 0 Å². The number of hydrogen-bond acceptors (Lipinski definition) is 3. The van der Waals surface area contributed by atoms with Crippen molar-refractivity contribution in [1.29, 1.82) is 0 Å². The number of nitrogens with one attached hydrogen (secondary N) is 2. The molecule has 3 atom stereocenters. The minimum atomic E-state index is -0.844. The Morgan fingerprint density at radius 2 is 2.17 bits per heavy atom. The number of carbonyl (C=O) groups is 2. The molecular formula is C12H22N2O4. The summed E-state index contributed by atoms with van der Waals surface area (Å²) in [6.07, 6.45) is 3.04. The number of amides is 2. The van der Waals surface area contributed by atoms with E-state index >= 15 is 0 Å². The van der Waals surface area contributed by atoms with Crippen molar-refractivity contribution < 1.29 is 19.4 Å². The fraction of sp³-hybridized carbons (Fsp3) is 0.833. The van der Waals surface area contributed by atoms with Gasteiger partial charge >= 0.3 is 12.0 Å². The van der Waals surface area contributed by atoms with Crippen molar-refractivity contribution in [2.75, 3.05) is 13.7 Å². The molecule has 0 aliphatic heterocycles. The maximum absolute atomic E-state index is 11.6. The maximum Gasteiger partial charge on any atom is 0.315 e. The monoisotopic (exact) mass is 258 g/mol. The average molecular weight is 258 g/mol. The third-order valence-corrected chi connectivity index (χ3v) is 3.19. The normalized spacial score (nSPS) is 24.6. The largest absolute Gasteiger partial charge is 0.481 e. The predicted molar refractivity (Wildman–Crippen MR) is 66.4 cm³/mol.